The predicted octanol–water partition coefficient (Wildman–Crippen LogP) is 1.10. The summed E-state index contributed by atoms with van der Waals surface area (Å²) < 4.78 is 24.0. The molecule has 1 aliphatic rings. The van der Waals surface area contributed by atoms with Crippen LogP contribution in [0.2, 0.25) is 0 Å². The highest BCUT2D eigenvalue weighted by atomic mass is 32.2. The monoisotopic (exact) mass is 248 g/mol. The molecule has 0 aromatic rings. The van der Waals surface area contributed by atoms with Gasteiger partial charge in [0.05, 0.1) is 6.26 Å². The molecule has 2 N–H and O–H groups in total. The van der Waals surface area contributed by atoms with Crippen LogP contribution in [-0.4, -0.2) is 34.3 Å². The molecule has 5 heteroatoms. The molecule has 1 saturated carbocycles. The molecule has 0 bridgehead atoms. The fourth-order valence-corrected chi connectivity index (χ4v) is 2.70. The quantitative estimate of drug-likeness (QED) is 0.663. The van der Waals surface area contributed by atoms with Crippen molar-refractivity contribution in [1.29, 1.82) is 0 Å². The number of rotatable bonds is 7. The van der Waals surface area contributed by atoms with E-state index < -0.39 is 10.0 Å². The number of sulfonamides is 1. The molecule has 96 valence electrons. The average molecular weight is 248 g/mol. The van der Waals surface area contributed by atoms with Gasteiger partial charge in [-0.05, 0) is 18.9 Å². The SMILES string of the molecule is CS(=O)(=O)NCCNCCC1CCCCC1. The zero-order valence-electron chi connectivity index (χ0n) is 10.2. The minimum absolute atomic E-state index is 0.490. The fourth-order valence-electron chi connectivity index (χ4n) is 2.23. The van der Waals surface area contributed by atoms with Crippen LogP contribution in [0.15, 0.2) is 0 Å². The van der Waals surface area contributed by atoms with E-state index in [9.17, 15) is 8.42 Å². The highest BCUT2D eigenvalue weighted by Gasteiger charge is 2.12. The fraction of sp³-hybridized carbons (Fsp3) is 1.00. The van der Waals surface area contributed by atoms with E-state index >= 15 is 0 Å². The molecule has 0 unspecified atom stereocenters. The van der Waals surface area contributed by atoms with Crippen LogP contribution in [0.4, 0.5) is 0 Å². The van der Waals surface area contributed by atoms with Crippen LogP contribution in [0, 0.1) is 5.92 Å². The van der Waals surface area contributed by atoms with E-state index in [-0.39, 0.29) is 0 Å². The van der Waals surface area contributed by atoms with E-state index in [2.05, 4.69) is 10.0 Å². The van der Waals surface area contributed by atoms with Crippen molar-refractivity contribution in [2.75, 3.05) is 25.9 Å². The van der Waals surface area contributed by atoms with E-state index in [1.165, 1.54) is 44.8 Å². The largest absolute Gasteiger partial charge is 0.315 e. The summed E-state index contributed by atoms with van der Waals surface area (Å²) in [5.41, 5.74) is 0. The van der Waals surface area contributed by atoms with Gasteiger partial charge in [-0.3, -0.25) is 0 Å². The van der Waals surface area contributed by atoms with Crippen LogP contribution in [-0.2, 0) is 10.0 Å². The molecule has 0 radical (unpaired) electrons. The molecule has 16 heavy (non-hydrogen) atoms. The number of hydrogen-bond donors (Lipinski definition) is 2. The van der Waals surface area contributed by atoms with Crippen LogP contribution in [0.5, 0.6) is 0 Å². The van der Waals surface area contributed by atoms with Gasteiger partial charge in [0.1, 0.15) is 0 Å². The Kier molecular flexibility index (Phi) is 6.31. The highest BCUT2D eigenvalue weighted by Crippen LogP contribution is 2.25. The second-order valence-electron chi connectivity index (χ2n) is 4.71. The van der Waals surface area contributed by atoms with Crippen molar-refractivity contribution >= 4 is 10.0 Å². The van der Waals surface area contributed by atoms with Gasteiger partial charge in [-0.1, -0.05) is 32.1 Å². The first kappa shape index (κ1) is 13.9. The first-order chi connectivity index (χ1) is 7.58. The van der Waals surface area contributed by atoms with Gasteiger partial charge in [0.25, 0.3) is 0 Å². The zero-order valence-corrected chi connectivity index (χ0v) is 11.0. The normalized spacial score (nSPS) is 18.8. The van der Waals surface area contributed by atoms with Crippen LogP contribution in [0.1, 0.15) is 38.5 Å². The summed E-state index contributed by atoms with van der Waals surface area (Å²) in [6.07, 6.45) is 9.36. The third kappa shape index (κ3) is 7.19. The van der Waals surface area contributed by atoms with Crippen molar-refractivity contribution in [2.24, 2.45) is 5.92 Å². The molecule has 0 aromatic heterocycles. The summed E-state index contributed by atoms with van der Waals surface area (Å²) in [4.78, 5) is 0. The third-order valence-electron chi connectivity index (χ3n) is 3.12. The number of nitrogens with one attached hydrogen (secondary N) is 2. The molecule has 1 aliphatic carbocycles. The van der Waals surface area contributed by atoms with Crippen molar-refractivity contribution < 1.29 is 8.42 Å². The summed E-state index contributed by atoms with van der Waals surface area (Å²) in [6.45, 7) is 2.22. The lowest BCUT2D eigenvalue weighted by molar-refractivity contribution is 0.334. The van der Waals surface area contributed by atoms with E-state index in [0.29, 0.717) is 6.54 Å². The number of hydrogen-bond acceptors (Lipinski definition) is 3. The second-order valence-corrected chi connectivity index (χ2v) is 6.54. The summed E-state index contributed by atoms with van der Waals surface area (Å²) in [5, 5.41) is 3.28. The van der Waals surface area contributed by atoms with E-state index in [1.807, 2.05) is 0 Å². The van der Waals surface area contributed by atoms with Crippen LogP contribution < -0.4 is 10.0 Å². The van der Waals surface area contributed by atoms with Gasteiger partial charge >= 0.3 is 0 Å². The maximum absolute atomic E-state index is 10.8. The molecule has 0 spiro atoms. The topological polar surface area (TPSA) is 58.2 Å². The van der Waals surface area contributed by atoms with Crippen LogP contribution in [0.3, 0.4) is 0 Å². The van der Waals surface area contributed by atoms with Crippen molar-refractivity contribution in [2.45, 2.75) is 38.5 Å². The lowest BCUT2D eigenvalue weighted by atomic mass is 9.87. The maximum Gasteiger partial charge on any atom is 0.208 e. The molecule has 0 amide bonds. The second kappa shape index (κ2) is 7.25. The average Bonchev–Trinajstić information content (AvgIpc) is 2.23. The van der Waals surface area contributed by atoms with E-state index in [4.69, 9.17) is 0 Å². The van der Waals surface area contributed by atoms with Crippen molar-refractivity contribution in [3.05, 3.63) is 0 Å². The lowest BCUT2D eigenvalue weighted by Crippen LogP contribution is -2.32. The molecule has 4 nitrogen and oxygen atoms in total. The predicted molar refractivity (Wildman–Crippen MR) is 66.9 cm³/mol. The highest BCUT2D eigenvalue weighted by molar-refractivity contribution is 7.88. The first-order valence-corrected chi connectivity index (χ1v) is 8.12. The smallest absolute Gasteiger partial charge is 0.208 e. The van der Waals surface area contributed by atoms with Gasteiger partial charge in [-0.25, -0.2) is 13.1 Å². The maximum atomic E-state index is 10.8. The van der Waals surface area contributed by atoms with E-state index in [0.717, 1.165) is 19.0 Å². The van der Waals surface area contributed by atoms with E-state index in [1.54, 1.807) is 0 Å². The molecule has 1 rings (SSSR count). The summed E-state index contributed by atoms with van der Waals surface area (Å²) in [7, 11) is -3.02. The minimum Gasteiger partial charge on any atom is -0.315 e. The van der Waals surface area contributed by atoms with Gasteiger partial charge in [-0.2, -0.15) is 0 Å². The van der Waals surface area contributed by atoms with Crippen molar-refractivity contribution in [1.82, 2.24) is 10.0 Å². The standard InChI is InChI=1S/C11H24N2O2S/c1-16(14,15)13-10-9-12-8-7-11-5-3-2-4-6-11/h11-13H,2-10H2,1H3. The first-order valence-electron chi connectivity index (χ1n) is 6.23. The van der Waals surface area contributed by atoms with Crippen molar-refractivity contribution in [3.8, 4) is 0 Å². The Balaban J connectivity index is 1.91. The summed E-state index contributed by atoms with van der Waals surface area (Å²) in [5.74, 6) is 0.893. The summed E-state index contributed by atoms with van der Waals surface area (Å²) >= 11 is 0. The van der Waals surface area contributed by atoms with Gasteiger partial charge in [-0.15, -0.1) is 0 Å². The van der Waals surface area contributed by atoms with Crippen LogP contribution >= 0.6 is 0 Å². The molecular weight excluding hydrogens is 224 g/mol. The molecule has 1 fully saturated rings. The molecule has 0 heterocycles. The molecular formula is C11H24N2O2S. The van der Waals surface area contributed by atoms with Crippen LogP contribution in [0.25, 0.3) is 0 Å². The Bertz CT molecular complexity index is 272. The zero-order chi connectivity index (χ0) is 11.9. The molecule has 0 saturated heterocycles. The van der Waals surface area contributed by atoms with Gasteiger partial charge in [0.15, 0.2) is 0 Å². The lowest BCUT2D eigenvalue weighted by Gasteiger charge is -2.21. The molecule has 0 aliphatic heterocycles. The van der Waals surface area contributed by atoms with Crippen molar-refractivity contribution in [3.63, 3.8) is 0 Å². The Morgan fingerprint density at radius 3 is 2.38 bits per heavy atom. The minimum atomic E-state index is -3.02. The third-order valence-corrected chi connectivity index (χ3v) is 3.85. The Hall–Kier alpha value is -0.130. The van der Waals surface area contributed by atoms with Gasteiger partial charge in [0, 0.05) is 13.1 Å². The molecule has 0 atom stereocenters. The Morgan fingerprint density at radius 1 is 1.06 bits per heavy atom. The summed E-state index contributed by atoms with van der Waals surface area (Å²) in [6, 6.07) is 0. The molecule has 0 aromatic carbocycles. The Labute approximate surface area is 99.2 Å². The Morgan fingerprint density at radius 2 is 1.75 bits per heavy atom. The van der Waals surface area contributed by atoms with Gasteiger partial charge in [0.2, 0.25) is 10.0 Å². The van der Waals surface area contributed by atoms with Gasteiger partial charge < -0.3 is 5.32 Å².